The van der Waals surface area contributed by atoms with E-state index in [0.29, 0.717) is 0 Å². The summed E-state index contributed by atoms with van der Waals surface area (Å²) in [6.45, 7) is 0.253. The average molecular weight is 385 g/mol. The first kappa shape index (κ1) is 17.6. The van der Waals surface area contributed by atoms with Gasteiger partial charge < -0.3 is 0 Å². The number of para-hydroxylation sites is 1. The van der Waals surface area contributed by atoms with Crippen LogP contribution in [0.4, 0.5) is 5.69 Å². The molecule has 2 aliphatic rings. The van der Waals surface area contributed by atoms with Crippen molar-refractivity contribution < 1.29 is 14.4 Å². The Labute approximate surface area is 168 Å². The molecule has 3 atom stereocenters. The molecule has 0 spiro atoms. The van der Waals surface area contributed by atoms with Crippen LogP contribution in [0.25, 0.3) is 0 Å². The van der Waals surface area contributed by atoms with Gasteiger partial charge in [-0.05, 0) is 35.4 Å². The summed E-state index contributed by atoms with van der Waals surface area (Å²) in [6.07, 6.45) is 2.55. The summed E-state index contributed by atoms with van der Waals surface area (Å²) in [5, 5.41) is 1.69. The molecule has 1 aromatic heterocycles. The van der Waals surface area contributed by atoms with Gasteiger partial charge in [0.15, 0.2) is 6.10 Å². The van der Waals surface area contributed by atoms with Gasteiger partial charge in [-0.2, -0.15) is 0 Å². The largest absolute Gasteiger partial charge is 0.275 e. The Hall–Kier alpha value is -3.51. The van der Waals surface area contributed by atoms with E-state index in [1.807, 2.05) is 72.8 Å². The zero-order valence-electron chi connectivity index (χ0n) is 15.6. The molecule has 0 radical (unpaired) electrons. The van der Waals surface area contributed by atoms with Crippen molar-refractivity contribution in [2.45, 2.75) is 18.7 Å². The molecule has 3 unspecified atom stereocenters. The van der Waals surface area contributed by atoms with Crippen LogP contribution < -0.4 is 5.06 Å². The van der Waals surface area contributed by atoms with Gasteiger partial charge in [-0.25, -0.2) is 5.06 Å². The number of amides is 2. The van der Waals surface area contributed by atoms with Crippen LogP contribution in [0.1, 0.15) is 17.2 Å². The Balaban J connectivity index is 1.52. The van der Waals surface area contributed by atoms with E-state index in [0.717, 1.165) is 16.8 Å². The Kier molecular flexibility index (Phi) is 4.33. The third-order valence-corrected chi connectivity index (χ3v) is 5.45. The van der Waals surface area contributed by atoms with Crippen LogP contribution in [-0.4, -0.2) is 27.8 Å². The van der Waals surface area contributed by atoms with E-state index in [-0.39, 0.29) is 18.4 Å². The van der Waals surface area contributed by atoms with Gasteiger partial charge >= 0.3 is 0 Å². The van der Waals surface area contributed by atoms with Crippen molar-refractivity contribution in [2.75, 3.05) is 5.06 Å². The van der Waals surface area contributed by atoms with Gasteiger partial charge in [0.2, 0.25) is 5.91 Å². The minimum atomic E-state index is -0.829. The van der Waals surface area contributed by atoms with E-state index >= 15 is 0 Å². The van der Waals surface area contributed by atoms with Crippen LogP contribution in [-0.2, 0) is 21.0 Å². The molecular formula is C23H19N3O3. The third kappa shape index (κ3) is 2.98. The second kappa shape index (κ2) is 7.14. The first-order valence-corrected chi connectivity index (χ1v) is 9.54. The van der Waals surface area contributed by atoms with Crippen molar-refractivity contribution in [1.82, 2.24) is 9.88 Å². The summed E-state index contributed by atoms with van der Waals surface area (Å²) in [6, 6.07) is 22.4. The van der Waals surface area contributed by atoms with E-state index < -0.39 is 18.1 Å². The number of hydrogen-bond donors (Lipinski definition) is 0. The van der Waals surface area contributed by atoms with Crippen LogP contribution in [0.3, 0.4) is 0 Å². The fourth-order valence-electron chi connectivity index (χ4n) is 4.09. The molecule has 0 N–H and O–H groups in total. The number of fused-ring (bicyclic) bond motifs is 1. The molecule has 5 rings (SSSR count). The van der Waals surface area contributed by atoms with Crippen LogP contribution >= 0.6 is 0 Å². The first-order valence-electron chi connectivity index (χ1n) is 9.54. The predicted molar refractivity (Wildman–Crippen MR) is 106 cm³/mol. The number of imide groups is 1. The molecule has 29 heavy (non-hydrogen) atoms. The third-order valence-electron chi connectivity index (χ3n) is 5.45. The minimum Gasteiger partial charge on any atom is -0.275 e. The minimum absolute atomic E-state index is 0.205. The highest BCUT2D eigenvalue weighted by molar-refractivity contribution is 6.07. The van der Waals surface area contributed by atoms with Crippen molar-refractivity contribution in [1.29, 1.82) is 0 Å². The Morgan fingerprint density at radius 2 is 1.48 bits per heavy atom. The molecule has 2 amide bonds. The number of rotatable bonds is 4. The zero-order valence-corrected chi connectivity index (χ0v) is 15.6. The lowest BCUT2D eigenvalue weighted by atomic mass is 9.91. The molecule has 3 heterocycles. The topological polar surface area (TPSA) is 62.7 Å². The smallest absolute Gasteiger partial charge is 0.262 e. The van der Waals surface area contributed by atoms with Gasteiger partial charge in [-0.15, -0.1) is 0 Å². The Morgan fingerprint density at radius 3 is 2.17 bits per heavy atom. The van der Waals surface area contributed by atoms with Gasteiger partial charge in [0.05, 0.1) is 18.3 Å². The molecule has 6 nitrogen and oxygen atoms in total. The van der Waals surface area contributed by atoms with Crippen molar-refractivity contribution in [3.05, 3.63) is 96.3 Å². The molecule has 144 valence electrons. The summed E-state index contributed by atoms with van der Waals surface area (Å²) in [4.78, 5) is 37.9. The molecule has 0 saturated carbocycles. The Morgan fingerprint density at radius 1 is 0.828 bits per heavy atom. The number of aromatic nitrogens is 1. The number of carbonyl (C=O) groups excluding carboxylic acids is 2. The monoisotopic (exact) mass is 385 g/mol. The number of hydroxylamine groups is 1. The number of carbonyl (C=O) groups is 2. The number of anilines is 1. The molecule has 2 saturated heterocycles. The standard InChI is InChI=1S/C23H19N3O3/c27-22-19-20(17-11-13-24-14-12-17)26(18-9-5-2-6-10-18)29-21(19)23(28)25(22)15-16-7-3-1-4-8-16/h1-14,19-21H,15H2. The number of nitrogens with zero attached hydrogens (tertiary/aromatic N) is 3. The predicted octanol–water partition coefficient (Wildman–Crippen LogP) is 3.13. The van der Waals surface area contributed by atoms with E-state index in [2.05, 4.69) is 4.98 Å². The van der Waals surface area contributed by atoms with Crippen LogP contribution in [0.2, 0.25) is 0 Å². The van der Waals surface area contributed by atoms with Crippen molar-refractivity contribution in [3.8, 4) is 0 Å². The zero-order chi connectivity index (χ0) is 19.8. The van der Waals surface area contributed by atoms with Crippen molar-refractivity contribution in [3.63, 3.8) is 0 Å². The lowest BCUT2D eigenvalue weighted by Crippen LogP contribution is -2.36. The molecule has 2 fully saturated rings. The molecule has 3 aromatic rings. The van der Waals surface area contributed by atoms with Crippen molar-refractivity contribution in [2.24, 2.45) is 5.92 Å². The normalized spacial score (nSPS) is 23.5. The maximum absolute atomic E-state index is 13.3. The summed E-state index contributed by atoms with van der Waals surface area (Å²) in [5.74, 6) is -1.10. The fraction of sp³-hybridized carbons (Fsp3) is 0.174. The molecule has 2 aliphatic heterocycles. The number of likely N-dealkylation sites (tertiary alicyclic amines) is 1. The number of hydrogen-bond acceptors (Lipinski definition) is 5. The number of benzene rings is 2. The summed E-state index contributed by atoms with van der Waals surface area (Å²) < 4.78 is 0. The van der Waals surface area contributed by atoms with Gasteiger partial charge in [-0.1, -0.05) is 48.5 Å². The van der Waals surface area contributed by atoms with E-state index in [1.165, 1.54) is 4.90 Å². The molecule has 2 aromatic carbocycles. The maximum Gasteiger partial charge on any atom is 0.262 e. The van der Waals surface area contributed by atoms with Crippen molar-refractivity contribution >= 4 is 17.5 Å². The first-order chi connectivity index (χ1) is 14.2. The Bertz CT molecular complexity index is 1030. The fourth-order valence-corrected chi connectivity index (χ4v) is 4.09. The van der Waals surface area contributed by atoms with Gasteiger partial charge in [0.25, 0.3) is 5.91 Å². The second-order valence-electron chi connectivity index (χ2n) is 7.19. The molecule has 0 aliphatic carbocycles. The highest BCUT2D eigenvalue weighted by Gasteiger charge is 2.59. The lowest BCUT2D eigenvalue weighted by Gasteiger charge is -2.28. The van der Waals surface area contributed by atoms with E-state index in [9.17, 15) is 9.59 Å². The van der Waals surface area contributed by atoms with Crippen LogP contribution in [0.5, 0.6) is 0 Å². The highest BCUT2D eigenvalue weighted by Crippen LogP contribution is 2.46. The second-order valence-corrected chi connectivity index (χ2v) is 7.19. The lowest BCUT2D eigenvalue weighted by molar-refractivity contribution is -0.143. The van der Waals surface area contributed by atoms with E-state index in [1.54, 1.807) is 17.5 Å². The molecular weight excluding hydrogens is 366 g/mol. The quantitative estimate of drug-likeness (QED) is 0.646. The highest BCUT2D eigenvalue weighted by atomic mass is 16.7. The molecule has 0 bridgehead atoms. The summed E-state index contributed by atoms with van der Waals surface area (Å²) in [5.41, 5.74) is 2.60. The van der Waals surface area contributed by atoms with Crippen LogP contribution in [0.15, 0.2) is 85.2 Å². The summed E-state index contributed by atoms with van der Waals surface area (Å²) >= 11 is 0. The SMILES string of the molecule is O=C1C2ON(c3ccccc3)C(c3ccncc3)C2C(=O)N1Cc1ccccc1. The maximum atomic E-state index is 13.3. The van der Waals surface area contributed by atoms with Crippen LogP contribution in [0, 0.1) is 5.92 Å². The molecule has 6 heteroatoms. The summed E-state index contributed by atoms with van der Waals surface area (Å²) in [7, 11) is 0. The van der Waals surface area contributed by atoms with Gasteiger partial charge in [-0.3, -0.25) is 24.3 Å². The average Bonchev–Trinajstić information content (AvgIpc) is 3.28. The van der Waals surface area contributed by atoms with Gasteiger partial charge in [0.1, 0.15) is 5.92 Å². The number of pyridine rings is 1. The van der Waals surface area contributed by atoms with E-state index in [4.69, 9.17) is 4.84 Å². The van der Waals surface area contributed by atoms with Gasteiger partial charge in [0, 0.05) is 12.4 Å².